The van der Waals surface area contributed by atoms with Gasteiger partial charge in [0.1, 0.15) is 36.6 Å². The monoisotopic (exact) mass is 914 g/mol. The average molecular weight is 917 g/mol. The highest BCUT2D eigenvalue weighted by Gasteiger charge is 2.55. The van der Waals surface area contributed by atoms with Crippen molar-refractivity contribution in [3.8, 4) is 0 Å². The summed E-state index contributed by atoms with van der Waals surface area (Å²) in [5, 5.41) is 13.7. The van der Waals surface area contributed by atoms with Crippen molar-refractivity contribution in [2.24, 2.45) is 5.73 Å². The molecular weight excluding hydrogens is 869 g/mol. The summed E-state index contributed by atoms with van der Waals surface area (Å²) in [7, 11) is 0. The van der Waals surface area contributed by atoms with Crippen LogP contribution in [0, 0.1) is 0 Å². The number of amides is 1. The summed E-state index contributed by atoms with van der Waals surface area (Å²) in [4.78, 5) is 27.1. The maximum atomic E-state index is 13.6. The van der Waals surface area contributed by atoms with Crippen molar-refractivity contribution in [3.63, 3.8) is 0 Å². The summed E-state index contributed by atoms with van der Waals surface area (Å²) in [6, 6.07) is 6.52. The molecule has 4 N–H and O–H groups in total. The lowest BCUT2D eigenvalue weighted by Crippen LogP contribution is -2.68. The first-order valence-electron chi connectivity index (χ1n) is 17.4. The Bertz CT molecular complexity index is 1480. The van der Waals surface area contributed by atoms with Gasteiger partial charge in [0.2, 0.25) is 7.59 Å². The van der Waals surface area contributed by atoms with E-state index in [2.05, 4.69) is 11.9 Å². The number of alkyl carbamates (subject to hydrolysis) is 1. The fraction of sp³-hybridized carbons (Fsp3) is 0.714. The van der Waals surface area contributed by atoms with Crippen LogP contribution in [-0.2, 0) is 54.0 Å². The van der Waals surface area contributed by atoms with Crippen LogP contribution >= 0.6 is 69.6 Å². The second-order valence-electron chi connectivity index (χ2n) is 14.7. The molecule has 21 heteroatoms. The molecule has 0 radical (unpaired) electrons. The molecule has 3 fully saturated rings. The van der Waals surface area contributed by atoms with Gasteiger partial charge in [-0.1, -0.05) is 106 Å². The minimum Gasteiger partial charge on any atom is -0.439 e. The molecule has 3 aliphatic heterocycles. The molecule has 1 aromatic rings. The number of carbonyl (C=O) groups excluding carboxylic acids is 2. The van der Waals surface area contributed by atoms with Crippen LogP contribution in [0.1, 0.15) is 47.1 Å². The Morgan fingerprint density at radius 3 is 2.18 bits per heavy atom. The van der Waals surface area contributed by atoms with Crippen molar-refractivity contribution in [2.45, 2.75) is 134 Å². The first kappa shape index (κ1) is 47.6. The summed E-state index contributed by atoms with van der Waals surface area (Å²) in [6.45, 7) is 12.1. The van der Waals surface area contributed by atoms with Gasteiger partial charge in [0, 0.05) is 0 Å². The standard InChI is InChI=1S/C35H48Cl6N2O13/c1-8-14-47-28-22(43-29(45)55-31(2,3)34(36,37)38)26(53-30(46)56-32(4,5)35(39,40)41)25(48-15-18-12-10-9-11-13-18)19(52-28)16-49-27-21(42)23(44)24-20(51-27)17-50-33(6,7)54-24/h8-13,19-28,44H,1,14-17,42H2,2-7H3,(H,43,45)/t19-,20-,21-,22-,23-,24-,25-,26-,27-,28+/m1/s1. The zero-order valence-corrected chi connectivity index (χ0v) is 36.0. The third-order valence-corrected chi connectivity index (χ3v) is 11.8. The quantitative estimate of drug-likeness (QED) is 0.119. The molecule has 3 aliphatic rings. The van der Waals surface area contributed by atoms with Crippen molar-refractivity contribution in [1.82, 2.24) is 5.32 Å². The molecule has 0 spiro atoms. The normalized spacial score (nSPS) is 31.1. The largest absolute Gasteiger partial charge is 0.509 e. The molecule has 0 aliphatic carbocycles. The van der Waals surface area contributed by atoms with Crippen molar-refractivity contribution in [1.29, 1.82) is 0 Å². The second kappa shape index (κ2) is 19.1. The van der Waals surface area contributed by atoms with Crippen molar-refractivity contribution in [3.05, 3.63) is 48.6 Å². The molecule has 0 saturated carbocycles. The van der Waals surface area contributed by atoms with Crippen LogP contribution in [0.4, 0.5) is 9.59 Å². The highest BCUT2D eigenvalue weighted by atomic mass is 35.6. The van der Waals surface area contributed by atoms with Crippen LogP contribution in [0.25, 0.3) is 0 Å². The third-order valence-electron chi connectivity index (χ3n) is 9.04. The number of ether oxygens (including phenoxy) is 10. The van der Waals surface area contributed by atoms with Crippen molar-refractivity contribution >= 4 is 81.9 Å². The van der Waals surface area contributed by atoms with Crippen LogP contribution in [0.15, 0.2) is 43.0 Å². The molecule has 10 atom stereocenters. The van der Waals surface area contributed by atoms with Gasteiger partial charge in [0.25, 0.3) is 0 Å². The Morgan fingerprint density at radius 1 is 0.946 bits per heavy atom. The minimum atomic E-state index is -2.09. The molecule has 15 nitrogen and oxygen atoms in total. The van der Waals surface area contributed by atoms with Gasteiger partial charge in [-0.2, -0.15) is 0 Å². The maximum Gasteiger partial charge on any atom is 0.509 e. The molecule has 4 rings (SSSR count). The number of hydrogen-bond acceptors (Lipinski definition) is 14. The van der Waals surface area contributed by atoms with Crippen LogP contribution in [-0.4, -0.2) is 123 Å². The number of carbonyl (C=O) groups is 2. The molecule has 1 aromatic carbocycles. The molecule has 0 aromatic heterocycles. The van der Waals surface area contributed by atoms with Gasteiger partial charge >= 0.3 is 12.2 Å². The zero-order valence-electron chi connectivity index (χ0n) is 31.5. The Kier molecular flexibility index (Phi) is 16.2. The molecule has 3 saturated heterocycles. The van der Waals surface area contributed by atoms with Gasteiger partial charge in [-0.25, -0.2) is 9.59 Å². The van der Waals surface area contributed by atoms with Gasteiger partial charge in [-0.15, -0.1) is 6.58 Å². The minimum absolute atomic E-state index is 0.0536. The highest BCUT2D eigenvalue weighted by Crippen LogP contribution is 2.42. The van der Waals surface area contributed by atoms with E-state index in [4.69, 9.17) is 123 Å². The van der Waals surface area contributed by atoms with E-state index in [9.17, 15) is 14.7 Å². The van der Waals surface area contributed by atoms with E-state index in [1.807, 2.05) is 6.07 Å². The maximum absolute atomic E-state index is 13.6. The van der Waals surface area contributed by atoms with E-state index < -0.39 is 98.1 Å². The number of nitrogens with one attached hydrogen (secondary N) is 1. The van der Waals surface area contributed by atoms with E-state index in [1.165, 1.54) is 33.8 Å². The lowest BCUT2D eigenvalue weighted by Gasteiger charge is -2.49. The van der Waals surface area contributed by atoms with Crippen LogP contribution in [0.3, 0.4) is 0 Å². The summed E-state index contributed by atoms with van der Waals surface area (Å²) in [6.07, 6.45) is -10.3. The first-order valence-corrected chi connectivity index (χ1v) is 19.7. The number of fused-ring (bicyclic) bond motifs is 1. The van der Waals surface area contributed by atoms with E-state index >= 15 is 0 Å². The predicted octanol–water partition coefficient (Wildman–Crippen LogP) is 5.99. The fourth-order valence-electron chi connectivity index (χ4n) is 5.67. The Balaban J connectivity index is 1.70. The average Bonchev–Trinajstić information content (AvgIpc) is 3.08. The Morgan fingerprint density at radius 2 is 1.57 bits per heavy atom. The predicted molar refractivity (Wildman–Crippen MR) is 207 cm³/mol. The summed E-state index contributed by atoms with van der Waals surface area (Å²) in [5.41, 5.74) is 3.75. The number of halogens is 6. The lowest BCUT2D eigenvalue weighted by molar-refractivity contribution is -0.371. The molecule has 0 unspecified atom stereocenters. The molecule has 3 heterocycles. The number of benzene rings is 1. The van der Waals surface area contributed by atoms with Gasteiger partial charge in [-0.3, -0.25) is 0 Å². The molecule has 318 valence electrons. The number of rotatable bonds is 13. The van der Waals surface area contributed by atoms with Crippen LogP contribution in [0.5, 0.6) is 0 Å². The topological polar surface area (TPSA) is 185 Å². The Hall–Kier alpha value is -1.12. The number of hydrogen-bond donors (Lipinski definition) is 3. The van der Waals surface area contributed by atoms with Crippen molar-refractivity contribution in [2.75, 3.05) is 19.8 Å². The van der Waals surface area contributed by atoms with Gasteiger partial charge in [0.15, 0.2) is 35.7 Å². The number of nitrogens with two attached hydrogens (primary N) is 1. The smallest absolute Gasteiger partial charge is 0.439 e. The van der Waals surface area contributed by atoms with Gasteiger partial charge in [0.05, 0.1) is 32.5 Å². The number of aliphatic hydroxyl groups is 1. The summed E-state index contributed by atoms with van der Waals surface area (Å²) >= 11 is 36.5. The van der Waals surface area contributed by atoms with E-state index in [0.29, 0.717) is 0 Å². The van der Waals surface area contributed by atoms with E-state index in [-0.39, 0.29) is 26.4 Å². The number of alkyl halides is 6. The van der Waals surface area contributed by atoms with Crippen LogP contribution < -0.4 is 11.1 Å². The highest BCUT2D eigenvalue weighted by molar-refractivity contribution is 6.68. The summed E-state index contributed by atoms with van der Waals surface area (Å²) < 4.78 is 55.3. The van der Waals surface area contributed by atoms with Gasteiger partial charge < -0.3 is 63.5 Å². The van der Waals surface area contributed by atoms with Crippen molar-refractivity contribution < 1.29 is 62.1 Å². The van der Waals surface area contributed by atoms with Crippen LogP contribution in [0.2, 0.25) is 0 Å². The SMILES string of the molecule is C=CCO[C@H]1O[C@H](CO[C@@H]2O[C@@H]3COC(C)(C)O[C@H]3[C@H](O)[C@H]2N)[C@@H](OCc2ccccc2)[C@H](OC(=O)OC(C)(C)C(Cl)(Cl)Cl)[C@H]1NC(=O)OC(C)(C)C(Cl)(Cl)Cl. The number of aliphatic hydroxyl groups excluding tert-OH is 1. The lowest BCUT2D eigenvalue weighted by atomic mass is 9.95. The molecule has 1 amide bonds. The molecular formula is C35H48Cl6N2O13. The summed E-state index contributed by atoms with van der Waals surface area (Å²) in [5.74, 6) is -0.976. The third kappa shape index (κ3) is 12.2. The van der Waals surface area contributed by atoms with E-state index in [1.54, 1.807) is 38.1 Å². The zero-order chi connectivity index (χ0) is 41.9. The van der Waals surface area contributed by atoms with Gasteiger partial charge in [-0.05, 0) is 47.1 Å². The Labute approximate surface area is 355 Å². The fourth-order valence-corrected chi connectivity index (χ4v) is 5.90. The first-order chi connectivity index (χ1) is 25.9. The van der Waals surface area contributed by atoms with E-state index in [0.717, 1.165) is 5.56 Å². The molecule has 0 bridgehead atoms. The molecule has 56 heavy (non-hydrogen) atoms. The second-order valence-corrected chi connectivity index (χ2v) is 19.2.